The Kier molecular flexibility index (Phi) is 3.79. The van der Waals surface area contributed by atoms with Crippen molar-refractivity contribution in [3.8, 4) is 0 Å². The SMILES string of the molecule is Cc1ccc(Cl)cc1Nc1ccc(C(N)=S)nc1. The van der Waals surface area contributed by atoms with Gasteiger partial charge in [0.2, 0.25) is 0 Å². The third kappa shape index (κ3) is 2.97. The number of aryl methyl sites for hydroxylation is 1. The van der Waals surface area contributed by atoms with Crippen molar-refractivity contribution in [2.24, 2.45) is 5.73 Å². The molecule has 0 bridgehead atoms. The van der Waals surface area contributed by atoms with E-state index in [9.17, 15) is 0 Å². The highest BCUT2D eigenvalue weighted by molar-refractivity contribution is 7.80. The van der Waals surface area contributed by atoms with Gasteiger partial charge in [0.15, 0.2) is 0 Å². The minimum atomic E-state index is 0.292. The monoisotopic (exact) mass is 277 g/mol. The normalized spacial score (nSPS) is 10.1. The fraction of sp³-hybridized carbons (Fsp3) is 0.0769. The third-order valence-corrected chi connectivity index (χ3v) is 2.94. The number of nitrogens with one attached hydrogen (secondary N) is 1. The summed E-state index contributed by atoms with van der Waals surface area (Å²) in [7, 11) is 0. The first kappa shape index (κ1) is 12.8. The van der Waals surface area contributed by atoms with E-state index in [0.717, 1.165) is 16.9 Å². The van der Waals surface area contributed by atoms with Crippen LogP contribution in [0.1, 0.15) is 11.3 Å². The number of nitrogens with zero attached hydrogens (tertiary/aromatic N) is 1. The Labute approximate surface area is 116 Å². The van der Waals surface area contributed by atoms with Crippen molar-refractivity contribution in [3.05, 3.63) is 52.8 Å². The van der Waals surface area contributed by atoms with Crippen molar-refractivity contribution >= 4 is 40.2 Å². The maximum absolute atomic E-state index is 5.96. The smallest absolute Gasteiger partial charge is 0.122 e. The molecule has 1 heterocycles. The van der Waals surface area contributed by atoms with Gasteiger partial charge in [0.1, 0.15) is 4.99 Å². The molecule has 3 N–H and O–H groups in total. The molecule has 0 amide bonds. The molecule has 0 unspecified atom stereocenters. The number of pyridine rings is 1. The molecular weight excluding hydrogens is 266 g/mol. The second-order valence-corrected chi connectivity index (χ2v) is 4.76. The average molecular weight is 278 g/mol. The lowest BCUT2D eigenvalue weighted by atomic mass is 10.2. The molecular formula is C13H12ClN3S. The number of anilines is 2. The molecule has 2 rings (SSSR count). The Morgan fingerprint density at radius 1 is 1.33 bits per heavy atom. The van der Waals surface area contributed by atoms with Crippen molar-refractivity contribution < 1.29 is 0 Å². The van der Waals surface area contributed by atoms with Crippen molar-refractivity contribution in [1.29, 1.82) is 0 Å². The fourth-order valence-electron chi connectivity index (χ4n) is 1.50. The maximum Gasteiger partial charge on any atom is 0.122 e. The molecule has 2 aromatic rings. The van der Waals surface area contributed by atoms with Gasteiger partial charge in [-0.3, -0.25) is 4.98 Å². The number of rotatable bonds is 3. The van der Waals surface area contributed by atoms with Gasteiger partial charge in [-0.1, -0.05) is 29.9 Å². The first-order valence-electron chi connectivity index (χ1n) is 5.35. The van der Waals surface area contributed by atoms with Gasteiger partial charge in [0.05, 0.1) is 17.6 Å². The predicted molar refractivity (Wildman–Crippen MR) is 79.6 cm³/mol. The predicted octanol–water partition coefficient (Wildman–Crippen LogP) is 3.42. The van der Waals surface area contributed by atoms with Crippen LogP contribution in [0.4, 0.5) is 11.4 Å². The lowest BCUT2D eigenvalue weighted by Gasteiger charge is -2.10. The number of nitrogens with two attached hydrogens (primary N) is 1. The molecule has 92 valence electrons. The minimum absolute atomic E-state index is 0.292. The van der Waals surface area contributed by atoms with Gasteiger partial charge in [-0.2, -0.15) is 0 Å². The molecule has 0 saturated heterocycles. The molecule has 3 nitrogen and oxygen atoms in total. The largest absolute Gasteiger partial charge is 0.388 e. The van der Waals surface area contributed by atoms with Crippen LogP contribution in [-0.4, -0.2) is 9.97 Å². The summed E-state index contributed by atoms with van der Waals surface area (Å²) in [6.07, 6.45) is 1.69. The van der Waals surface area contributed by atoms with Gasteiger partial charge in [-0.15, -0.1) is 0 Å². The topological polar surface area (TPSA) is 50.9 Å². The standard InChI is InChI=1S/C13H12ClN3S/c1-8-2-3-9(14)6-12(8)17-10-4-5-11(13(15)18)16-7-10/h2-7,17H,1H3,(H2,15,18). The number of hydrogen-bond donors (Lipinski definition) is 2. The van der Waals surface area contributed by atoms with E-state index < -0.39 is 0 Å². The Hall–Kier alpha value is -1.65. The lowest BCUT2D eigenvalue weighted by Crippen LogP contribution is -2.11. The Bertz CT molecular complexity index is 581. The van der Waals surface area contributed by atoms with Crippen LogP contribution in [0.15, 0.2) is 36.5 Å². The van der Waals surface area contributed by atoms with Crippen LogP contribution in [-0.2, 0) is 0 Å². The molecule has 0 saturated carbocycles. The zero-order chi connectivity index (χ0) is 13.1. The molecule has 1 aromatic heterocycles. The average Bonchev–Trinajstić information content (AvgIpc) is 2.34. The summed E-state index contributed by atoms with van der Waals surface area (Å²) in [4.78, 5) is 4.46. The maximum atomic E-state index is 5.96. The lowest BCUT2D eigenvalue weighted by molar-refractivity contribution is 1.28. The van der Waals surface area contributed by atoms with E-state index in [1.165, 1.54) is 0 Å². The van der Waals surface area contributed by atoms with Crippen LogP contribution in [0.5, 0.6) is 0 Å². The number of hydrogen-bond acceptors (Lipinski definition) is 3. The Morgan fingerprint density at radius 3 is 2.72 bits per heavy atom. The van der Waals surface area contributed by atoms with Crippen LogP contribution in [0.2, 0.25) is 5.02 Å². The van der Waals surface area contributed by atoms with Gasteiger partial charge in [-0.25, -0.2) is 0 Å². The zero-order valence-electron chi connectivity index (χ0n) is 9.77. The van der Waals surface area contributed by atoms with Crippen molar-refractivity contribution in [3.63, 3.8) is 0 Å². The number of halogens is 1. The van der Waals surface area contributed by atoms with Crippen molar-refractivity contribution in [1.82, 2.24) is 4.98 Å². The molecule has 5 heteroatoms. The van der Waals surface area contributed by atoms with Gasteiger partial charge < -0.3 is 11.1 Å². The second kappa shape index (κ2) is 5.33. The quantitative estimate of drug-likeness (QED) is 0.844. The highest BCUT2D eigenvalue weighted by Gasteiger charge is 2.02. The molecule has 0 aliphatic rings. The molecule has 18 heavy (non-hydrogen) atoms. The summed E-state index contributed by atoms with van der Waals surface area (Å²) in [5.74, 6) is 0. The Morgan fingerprint density at radius 2 is 2.11 bits per heavy atom. The first-order valence-corrected chi connectivity index (χ1v) is 6.14. The molecule has 0 spiro atoms. The van der Waals surface area contributed by atoms with Crippen LogP contribution in [0.25, 0.3) is 0 Å². The molecule has 0 radical (unpaired) electrons. The summed E-state index contributed by atoms with van der Waals surface area (Å²) in [5.41, 5.74) is 9.02. The Balaban J connectivity index is 2.23. The number of aromatic nitrogens is 1. The van der Waals surface area contributed by atoms with Crippen molar-refractivity contribution in [2.45, 2.75) is 6.92 Å². The minimum Gasteiger partial charge on any atom is -0.388 e. The van der Waals surface area contributed by atoms with Gasteiger partial charge >= 0.3 is 0 Å². The van der Waals surface area contributed by atoms with Crippen LogP contribution in [0, 0.1) is 6.92 Å². The van der Waals surface area contributed by atoms with Gasteiger partial charge in [-0.05, 0) is 36.8 Å². The summed E-state index contributed by atoms with van der Waals surface area (Å²) in [6, 6.07) is 9.35. The summed E-state index contributed by atoms with van der Waals surface area (Å²) < 4.78 is 0. The fourth-order valence-corrected chi connectivity index (χ4v) is 1.79. The second-order valence-electron chi connectivity index (χ2n) is 3.88. The summed E-state index contributed by atoms with van der Waals surface area (Å²) >= 11 is 10.8. The highest BCUT2D eigenvalue weighted by atomic mass is 35.5. The summed E-state index contributed by atoms with van der Waals surface area (Å²) in [5, 5.41) is 3.94. The molecule has 0 aliphatic carbocycles. The molecule has 0 atom stereocenters. The van der Waals surface area contributed by atoms with Gasteiger partial charge in [0.25, 0.3) is 0 Å². The first-order chi connectivity index (χ1) is 8.56. The van der Waals surface area contributed by atoms with E-state index in [1.54, 1.807) is 12.3 Å². The molecule has 0 aliphatic heterocycles. The van der Waals surface area contributed by atoms with Crippen LogP contribution in [0.3, 0.4) is 0 Å². The van der Waals surface area contributed by atoms with Gasteiger partial charge in [0, 0.05) is 10.7 Å². The van der Waals surface area contributed by atoms with E-state index in [4.69, 9.17) is 29.6 Å². The zero-order valence-corrected chi connectivity index (χ0v) is 11.3. The number of benzene rings is 1. The van der Waals surface area contributed by atoms with E-state index in [1.807, 2.05) is 31.2 Å². The van der Waals surface area contributed by atoms with E-state index in [0.29, 0.717) is 15.7 Å². The van der Waals surface area contributed by atoms with E-state index in [2.05, 4.69) is 10.3 Å². The van der Waals surface area contributed by atoms with Crippen LogP contribution < -0.4 is 11.1 Å². The van der Waals surface area contributed by atoms with Crippen molar-refractivity contribution in [2.75, 3.05) is 5.32 Å². The van der Waals surface area contributed by atoms with E-state index in [-0.39, 0.29) is 0 Å². The summed E-state index contributed by atoms with van der Waals surface area (Å²) in [6.45, 7) is 2.01. The van der Waals surface area contributed by atoms with Crippen LogP contribution >= 0.6 is 23.8 Å². The van der Waals surface area contributed by atoms with E-state index >= 15 is 0 Å². The third-order valence-electron chi connectivity index (χ3n) is 2.49. The molecule has 1 aromatic carbocycles. The molecule has 0 fully saturated rings. The highest BCUT2D eigenvalue weighted by Crippen LogP contribution is 2.23. The number of thiocarbonyl (C=S) groups is 1.